The maximum absolute atomic E-state index is 13.3. The van der Waals surface area contributed by atoms with Gasteiger partial charge in [0.05, 0.1) is 12.8 Å². The Bertz CT molecular complexity index is 1090. The number of aryl methyl sites for hydroxylation is 2. The summed E-state index contributed by atoms with van der Waals surface area (Å²) in [5.41, 5.74) is 2.73. The van der Waals surface area contributed by atoms with Crippen LogP contribution in [0.3, 0.4) is 0 Å². The minimum Gasteiger partial charge on any atom is -0.467 e. The van der Waals surface area contributed by atoms with Crippen LogP contribution < -0.4 is 15.5 Å². The van der Waals surface area contributed by atoms with E-state index in [0.717, 1.165) is 35.9 Å². The van der Waals surface area contributed by atoms with E-state index in [4.69, 9.17) is 16.6 Å². The van der Waals surface area contributed by atoms with Gasteiger partial charge in [-0.05, 0) is 68.5 Å². The maximum atomic E-state index is 13.3. The fourth-order valence-corrected chi connectivity index (χ4v) is 3.76. The minimum absolute atomic E-state index is 0.236. The van der Waals surface area contributed by atoms with Crippen LogP contribution in [0.2, 0.25) is 0 Å². The summed E-state index contributed by atoms with van der Waals surface area (Å²) in [7, 11) is 0. The fraction of sp³-hybridized carbons (Fsp3) is 0.304. The molecule has 1 aromatic carbocycles. The summed E-state index contributed by atoms with van der Waals surface area (Å²) in [6, 6.07) is 12.2. The Kier molecular flexibility index (Phi) is 7.13. The topological polar surface area (TPSA) is 81.8 Å². The molecule has 0 atom stereocenters. The molecule has 0 saturated carbocycles. The van der Waals surface area contributed by atoms with Crippen molar-refractivity contribution >= 4 is 34.9 Å². The predicted molar refractivity (Wildman–Crippen MR) is 131 cm³/mol. The van der Waals surface area contributed by atoms with Crippen molar-refractivity contribution in [3.8, 4) is 0 Å². The Morgan fingerprint density at radius 3 is 2.42 bits per heavy atom. The van der Waals surface area contributed by atoms with E-state index in [1.807, 2.05) is 32.0 Å². The van der Waals surface area contributed by atoms with Crippen molar-refractivity contribution in [3.63, 3.8) is 0 Å². The van der Waals surface area contributed by atoms with Crippen LogP contribution in [0.25, 0.3) is 0 Å². The molecule has 172 valence electrons. The third-order valence-electron chi connectivity index (χ3n) is 5.18. The van der Waals surface area contributed by atoms with E-state index < -0.39 is 0 Å². The van der Waals surface area contributed by atoms with Crippen molar-refractivity contribution in [1.82, 2.24) is 20.2 Å². The SMILES string of the molecule is Cc1cc(C)nc(N/C(=N/C(=S)NCc2ccco2)N2CCN(c3ccc(F)cc3)CC2)n1. The van der Waals surface area contributed by atoms with E-state index in [9.17, 15) is 4.39 Å². The van der Waals surface area contributed by atoms with Gasteiger partial charge in [-0.1, -0.05) is 0 Å². The molecule has 3 heterocycles. The molecule has 0 aliphatic carbocycles. The summed E-state index contributed by atoms with van der Waals surface area (Å²) in [5.74, 6) is 1.59. The quantitative estimate of drug-likeness (QED) is 0.343. The highest BCUT2D eigenvalue weighted by molar-refractivity contribution is 7.80. The van der Waals surface area contributed by atoms with Gasteiger partial charge in [0, 0.05) is 43.3 Å². The number of aliphatic imine (C=N–C) groups is 1. The van der Waals surface area contributed by atoms with Crippen LogP contribution in [-0.2, 0) is 6.54 Å². The summed E-state index contributed by atoms with van der Waals surface area (Å²) in [6.45, 7) is 7.21. The van der Waals surface area contributed by atoms with Gasteiger partial charge >= 0.3 is 0 Å². The Labute approximate surface area is 197 Å². The minimum atomic E-state index is -0.236. The third-order valence-corrected chi connectivity index (χ3v) is 5.41. The zero-order valence-electron chi connectivity index (χ0n) is 18.6. The standard InChI is InChI=1S/C23H26FN7OS/c1-16-14-17(2)27-21(26-16)28-22(29-23(33)25-15-20-4-3-13-32-20)31-11-9-30(10-12-31)19-7-5-18(24)6-8-19/h3-8,13-14H,9-12,15H2,1-2H3,(H2,25,26,27,28,29,33). The number of nitrogens with zero attached hydrogens (tertiary/aromatic N) is 5. The lowest BCUT2D eigenvalue weighted by atomic mass is 10.2. The molecule has 2 N–H and O–H groups in total. The molecular weight excluding hydrogens is 441 g/mol. The molecule has 1 saturated heterocycles. The number of guanidine groups is 1. The average molecular weight is 468 g/mol. The van der Waals surface area contributed by atoms with Crippen molar-refractivity contribution in [2.45, 2.75) is 20.4 Å². The average Bonchev–Trinajstić information content (AvgIpc) is 3.31. The molecule has 1 aliphatic rings. The first-order valence-electron chi connectivity index (χ1n) is 10.7. The van der Waals surface area contributed by atoms with Gasteiger partial charge in [-0.15, -0.1) is 0 Å². The number of halogens is 1. The number of nitrogens with one attached hydrogen (secondary N) is 2. The van der Waals surface area contributed by atoms with Gasteiger partial charge in [-0.3, -0.25) is 5.32 Å². The summed E-state index contributed by atoms with van der Waals surface area (Å²) in [4.78, 5) is 17.9. The number of aromatic nitrogens is 2. The fourth-order valence-electron chi connectivity index (χ4n) is 3.60. The molecule has 33 heavy (non-hydrogen) atoms. The van der Waals surface area contributed by atoms with Crippen LogP contribution in [0.1, 0.15) is 17.1 Å². The summed E-state index contributed by atoms with van der Waals surface area (Å²) in [5, 5.41) is 6.68. The molecule has 3 aromatic rings. The second kappa shape index (κ2) is 10.4. The van der Waals surface area contributed by atoms with E-state index in [1.165, 1.54) is 12.1 Å². The molecule has 1 aliphatic heterocycles. The molecule has 0 spiro atoms. The molecule has 8 nitrogen and oxygen atoms in total. The zero-order valence-corrected chi connectivity index (χ0v) is 19.4. The second-order valence-electron chi connectivity index (χ2n) is 7.72. The maximum Gasteiger partial charge on any atom is 0.229 e. The number of piperazine rings is 1. The van der Waals surface area contributed by atoms with Crippen LogP contribution in [0.15, 0.2) is 58.1 Å². The Hall–Kier alpha value is -3.53. The van der Waals surface area contributed by atoms with E-state index >= 15 is 0 Å². The summed E-state index contributed by atoms with van der Waals surface area (Å²) >= 11 is 5.46. The van der Waals surface area contributed by atoms with Crippen molar-refractivity contribution in [2.24, 2.45) is 4.99 Å². The Balaban J connectivity index is 1.48. The van der Waals surface area contributed by atoms with Crippen molar-refractivity contribution in [1.29, 1.82) is 0 Å². The molecule has 4 rings (SSSR count). The number of thiocarbonyl (C=S) groups is 1. The highest BCUT2D eigenvalue weighted by atomic mass is 32.1. The molecular formula is C23H26FN7OS. The van der Waals surface area contributed by atoms with Gasteiger partial charge in [0.15, 0.2) is 5.11 Å². The molecule has 0 bridgehead atoms. The van der Waals surface area contributed by atoms with Crippen molar-refractivity contribution in [3.05, 3.63) is 71.7 Å². The van der Waals surface area contributed by atoms with E-state index in [2.05, 4.69) is 35.4 Å². The number of benzene rings is 1. The molecule has 1 fully saturated rings. The summed E-state index contributed by atoms with van der Waals surface area (Å²) in [6.07, 6.45) is 1.62. The lowest BCUT2D eigenvalue weighted by Crippen LogP contribution is -2.51. The van der Waals surface area contributed by atoms with Gasteiger partial charge in [0.25, 0.3) is 0 Å². The number of rotatable bonds is 4. The van der Waals surface area contributed by atoms with E-state index in [1.54, 1.807) is 18.4 Å². The highest BCUT2D eigenvalue weighted by Gasteiger charge is 2.21. The van der Waals surface area contributed by atoms with Crippen LogP contribution in [0.5, 0.6) is 0 Å². The van der Waals surface area contributed by atoms with Crippen LogP contribution in [-0.4, -0.2) is 52.1 Å². The molecule has 0 unspecified atom stereocenters. The van der Waals surface area contributed by atoms with Crippen LogP contribution in [0, 0.1) is 19.7 Å². The van der Waals surface area contributed by atoms with Crippen LogP contribution in [0.4, 0.5) is 16.0 Å². The Morgan fingerprint density at radius 2 is 1.79 bits per heavy atom. The molecule has 2 aromatic heterocycles. The van der Waals surface area contributed by atoms with Gasteiger partial charge in [-0.2, -0.15) is 4.99 Å². The summed E-state index contributed by atoms with van der Waals surface area (Å²) < 4.78 is 18.6. The lowest BCUT2D eigenvalue weighted by molar-refractivity contribution is 0.385. The van der Waals surface area contributed by atoms with E-state index in [-0.39, 0.29) is 5.82 Å². The van der Waals surface area contributed by atoms with Crippen molar-refractivity contribution < 1.29 is 8.81 Å². The van der Waals surface area contributed by atoms with Gasteiger partial charge in [0.2, 0.25) is 11.9 Å². The largest absolute Gasteiger partial charge is 0.467 e. The monoisotopic (exact) mass is 467 g/mol. The van der Waals surface area contributed by atoms with Crippen LogP contribution >= 0.6 is 12.2 Å². The number of hydrogen-bond acceptors (Lipinski definition) is 5. The highest BCUT2D eigenvalue weighted by Crippen LogP contribution is 2.17. The smallest absolute Gasteiger partial charge is 0.229 e. The van der Waals surface area contributed by atoms with Gasteiger partial charge < -0.3 is 19.5 Å². The normalized spacial score (nSPS) is 14.3. The number of anilines is 2. The number of furan rings is 1. The zero-order chi connectivity index (χ0) is 23.2. The molecule has 0 amide bonds. The molecule has 10 heteroatoms. The second-order valence-corrected chi connectivity index (χ2v) is 8.11. The van der Waals surface area contributed by atoms with E-state index in [0.29, 0.717) is 36.7 Å². The third kappa shape index (κ3) is 6.26. The van der Waals surface area contributed by atoms with Gasteiger partial charge in [-0.25, -0.2) is 14.4 Å². The Morgan fingerprint density at radius 1 is 1.09 bits per heavy atom. The van der Waals surface area contributed by atoms with Crippen molar-refractivity contribution in [2.75, 3.05) is 36.4 Å². The number of hydrogen-bond donors (Lipinski definition) is 2. The first-order valence-corrected chi connectivity index (χ1v) is 11.1. The molecule has 0 radical (unpaired) electrons. The predicted octanol–water partition coefficient (Wildman–Crippen LogP) is 3.49. The van der Waals surface area contributed by atoms with Gasteiger partial charge in [0.1, 0.15) is 11.6 Å². The first kappa shape index (κ1) is 22.7. The first-order chi connectivity index (χ1) is 16.0. The lowest BCUT2D eigenvalue weighted by Gasteiger charge is -2.37.